The van der Waals surface area contributed by atoms with E-state index in [-0.39, 0.29) is 5.75 Å². The molecule has 0 unspecified atom stereocenters. The van der Waals surface area contributed by atoms with E-state index in [4.69, 9.17) is 0 Å². The molecule has 0 atom stereocenters. The number of hydrogen-bond acceptors (Lipinski definition) is 1. The summed E-state index contributed by atoms with van der Waals surface area (Å²) in [6.45, 7) is 2.27. The van der Waals surface area contributed by atoms with Crippen LogP contribution in [0.15, 0.2) is 48.5 Å². The number of halogens is 3. The van der Waals surface area contributed by atoms with Crippen molar-refractivity contribution in [3.05, 3.63) is 65.2 Å². The Kier molecular flexibility index (Phi) is 6.11. The average Bonchev–Trinajstić information content (AvgIpc) is 2.67. The first-order valence-corrected chi connectivity index (χ1v) is 9.40. The van der Waals surface area contributed by atoms with Gasteiger partial charge in [-0.15, -0.1) is 13.2 Å². The average molecular weight is 372 g/mol. The Hall–Kier alpha value is -2.41. The lowest BCUT2D eigenvalue weighted by molar-refractivity contribution is -0.274. The minimum atomic E-state index is -4.68. The highest BCUT2D eigenvalue weighted by Crippen LogP contribution is 2.36. The Morgan fingerprint density at radius 3 is 1.85 bits per heavy atom. The summed E-state index contributed by atoms with van der Waals surface area (Å²) in [5.41, 5.74) is 2.92. The molecule has 1 aliphatic carbocycles. The van der Waals surface area contributed by atoms with Crippen LogP contribution in [0, 0.1) is 17.8 Å². The van der Waals surface area contributed by atoms with E-state index in [9.17, 15) is 13.2 Å². The first kappa shape index (κ1) is 19.4. The molecule has 2 aromatic carbocycles. The lowest BCUT2D eigenvalue weighted by atomic mass is 9.78. The topological polar surface area (TPSA) is 9.23 Å². The molecule has 0 spiro atoms. The normalized spacial score (nSPS) is 19.9. The molecule has 2 aromatic rings. The zero-order chi connectivity index (χ0) is 19.3. The van der Waals surface area contributed by atoms with E-state index in [1.54, 1.807) is 0 Å². The van der Waals surface area contributed by atoms with Crippen molar-refractivity contribution in [3.63, 3.8) is 0 Å². The van der Waals surface area contributed by atoms with Crippen LogP contribution in [0.2, 0.25) is 0 Å². The maximum Gasteiger partial charge on any atom is 0.573 e. The van der Waals surface area contributed by atoms with Gasteiger partial charge >= 0.3 is 6.36 Å². The highest BCUT2D eigenvalue weighted by molar-refractivity contribution is 5.45. The predicted octanol–water partition coefficient (Wildman–Crippen LogP) is 6.67. The minimum absolute atomic E-state index is 0.241. The van der Waals surface area contributed by atoms with E-state index in [0.717, 1.165) is 11.5 Å². The van der Waals surface area contributed by atoms with E-state index >= 15 is 0 Å². The van der Waals surface area contributed by atoms with Crippen LogP contribution in [-0.4, -0.2) is 6.36 Å². The van der Waals surface area contributed by atoms with Crippen LogP contribution in [0.4, 0.5) is 13.2 Å². The van der Waals surface area contributed by atoms with Crippen molar-refractivity contribution < 1.29 is 17.9 Å². The van der Waals surface area contributed by atoms with Crippen molar-refractivity contribution in [2.75, 3.05) is 0 Å². The number of benzene rings is 2. The van der Waals surface area contributed by atoms with Gasteiger partial charge in [0.15, 0.2) is 0 Å². The van der Waals surface area contributed by atoms with Crippen molar-refractivity contribution in [1.82, 2.24) is 0 Å². The molecule has 4 heteroatoms. The number of ether oxygens (including phenoxy) is 1. The van der Waals surface area contributed by atoms with Gasteiger partial charge in [0.05, 0.1) is 0 Å². The molecule has 1 nitrogen and oxygen atoms in total. The van der Waals surface area contributed by atoms with Crippen LogP contribution >= 0.6 is 0 Å². The molecule has 0 heterocycles. The van der Waals surface area contributed by atoms with E-state index < -0.39 is 6.36 Å². The molecule has 0 radical (unpaired) electrons. The molecule has 1 saturated carbocycles. The third kappa shape index (κ3) is 5.79. The maximum absolute atomic E-state index is 12.2. The largest absolute Gasteiger partial charge is 0.573 e. The van der Waals surface area contributed by atoms with Gasteiger partial charge in [-0.2, -0.15) is 0 Å². The molecule has 3 rings (SSSR count). The van der Waals surface area contributed by atoms with E-state index in [1.807, 2.05) is 12.1 Å². The Morgan fingerprint density at radius 1 is 0.852 bits per heavy atom. The smallest absolute Gasteiger partial charge is 0.406 e. The second-order valence-electron chi connectivity index (χ2n) is 7.07. The molecule has 0 bridgehead atoms. The molecular weight excluding hydrogens is 349 g/mol. The van der Waals surface area contributed by atoms with Gasteiger partial charge in [0, 0.05) is 11.1 Å². The molecule has 1 aliphatic rings. The van der Waals surface area contributed by atoms with Crippen LogP contribution in [0.3, 0.4) is 0 Å². The zero-order valence-electron chi connectivity index (χ0n) is 15.4. The summed E-state index contributed by atoms with van der Waals surface area (Å²) in [6, 6.07) is 13.9. The third-order valence-electron chi connectivity index (χ3n) is 5.25. The second-order valence-corrected chi connectivity index (χ2v) is 7.07. The van der Waals surface area contributed by atoms with Crippen molar-refractivity contribution in [1.29, 1.82) is 0 Å². The highest BCUT2D eigenvalue weighted by atomic mass is 19.4. The fourth-order valence-corrected chi connectivity index (χ4v) is 3.63. The van der Waals surface area contributed by atoms with Crippen molar-refractivity contribution in [3.8, 4) is 17.6 Å². The summed E-state index contributed by atoms with van der Waals surface area (Å²) in [5.74, 6) is 7.34. The summed E-state index contributed by atoms with van der Waals surface area (Å²) >= 11 is 0. The van der Waals surface area contributed by atoms with Crippen LogP contribution in [0.5, 0.6) is 5.75 Å². The molecule has 0 N–H and O–H groups in total. The van der Waals surface area contributed by atoms with Crippen molar-refractivity contribution in [2.24, 2.45) is 5.92 Å². The quantitative estimate of drug-likeness (QED) is 0.547. The van der Waals surface area contributed by atoms with E-state index in [1.165, 1.54) is 61.9 Å². The first-order chi connectivity index (χ1) is 12.9. The summed E-state index contributed by atoms with van der Waals surface area (Å²) in [4.78, 5) is 0. The summed E-state index contributed by atoms with van der Waals surface area (Å²) in [7, 11) is 0. The van der Waals surface area contributed by atoms with Gasteiger partial charge in [-0.3, -0.25) is 0 Å². The fraction of sp³-hybridized carbons (Fsp3) is 0.391. The van der Waals surface area contributed by atoms with Crippen LogP contribution in [-0.2, 0) is 0 Å². The Labute approximate surface area is 158 Å². The molecule has 0 saturated heterocycles. The number of rotatable bonds is 3. The van der Waals surface area contributed by atoms with Crippen LogP contribution < -0.4 is 4.74 Å². The predicted molar refractivity (Wildman–Crippen MR) is 101 cm³/mol. The van der Waals surface area contributed by atoms with Crippen molar-refractivity contribution in [2.45, 2.75) is 51.3 Å². The minimum Gasteiger partial charge on any atom is -0.406 e. The third-order valence-corrected chi connectivity index (χ3v) is 5.25. The summed E-state index contributed by atoms with van der Waals surface area (Å²) < 4.78 is 40.4. The number of alkyl halides is 3. The zero-order valence-corrected chi connectivity index (χ0v) is 15.4. The van der Waals surface area contributed by atoms with Gasteiger partial charge in [-0.05, 0) is 79.5 Å². The Balaban J connectivity index is 1.60. The molecule has 0 amide bonds. The molecule has 1 fully saturated rings. The van der Waals surface area contributed by atoms with Gasteiger partial charge < -0.3 is 4.74 Å². The maximum atomic E-state index is 12.2. The highest BCUT2D eigenvalue weighted by Gasteiger charge is 2.30. The fourth-order valence-electron chi connectivity index (χ4n) is 3.63. The molecule has 0 aliphatic heterocycles. The lowest BCUT2D eigenvalue weighted by Gasteiger charge is -2.28. The Bertz CT molecular complexity index is 787. The van der Waals surface area contributed by atoms with E-state index in [0.29, 0.717) is 11.5 Å². The molecule has 27 heavy (non-hydrogen) atoms. The summed E-state index contributed by atoms with van der Waals surface area (Å²) in [5, 5.41) is 0. The van der Waals surface area contributed by atoms with Crippen LogP contribution in [0.25, 0.3) is 0 Å². The van der Waals surface area contributed by atoms with Gasteiger partial charge in [0.2, 0.25) is 0 Å². The molecule has 0 aromatic heterocycles. The standard InChI is InChI=1S/C23H23F3O/c1-2-17-5-11-20(12-6-17)21-13-7-18(8-14-21)3-4-19-9-15-22(16-10-19)27-23(24,25)26/h7-10,13-17,20H,2,5-6,11-12H2,1H3. The monoisotopic (exact) mass is 372 g/mol. The molecule has 142 valence electrons. The Morgan fingerprint density at radius 2 is 1.37 bits per heavy atom. The van der Waals surface area contributed by atoms with Crippen LogP contribution in [0.1, 0.15) is 61.6 Å². The van der Waals surface area contributed by atoms with Gasteiger partial charge in [0.25, 0.3) is 0 Å². The van der Waals surface area contributed by atoms with Crippen molar-refractivity contribution >= 4 is 0 Å². The van der Waals surface area contributed by atoms with Gasteiger partial charge in [-0.1, -0.05) is 37.3 Å². The summed E-state index contributed by atoms with van der Waals surface area (Å²) in [6.07, 6.45) is 1.76. The van der Waals surface area contributed by atoms with E-state index in [2.05, 4.69) is 35.6 Å². The number of hydrogen-bond donors (Lipinski definition) is 0. The second kappa shape index (κ2) is 8.52. The SMILES string of the molecule is CCC1CCC(c2ccc(C#Cc3ccc(OC(F)(F)F)cc3)cc2)CC1. The lowest BCUT2D eigenvalue weighted by Crippen LogP contribution is -2.16. The van der Waals surface area contributed by atoms with Gasteiger partial charge in [-0.25, -0.2) is 0 Å². The molecular formula is C23H23F3O. The first-order valence-electron chi connectivity index (χ1n) is 9.40. The van der Waals surface area contributed by atoms with Gasteiger partial charge in [0.1, 0.15) is 5.75 Å².